The van der Waals surface area contributed by atoms with Gasteiger partial charge in [0, 0.05) is 6.61 Å². The van der Waals surface area contributed by atoms with Gasteiger partial charge in [-0.3, -0.25) is 0 Å². The molecule has 1 unspecified atom stereocenters. The lowest BCUT2D eigenvalue weighted by Gasteiger charge is -2.21. The Morgan fingerprint density at radius 2 is 2.50 bits per heavy atom. The van der Waals surface area contributed by atoms with Gasteiger partial charge in [0.15, 0.2) is 0 Å². The molecule has 1 heterocycles. The Kier molecular flexibility index (Phi) is 2.50. The summed E-state index contributed by atoms with van der Waals surface area (Å²) in [5.74, 6) is 0. The van der Waals surface area contributed by atoms with Crippen LogP contribution in [0.4, 0.5) is 4.79 Å². The molecule has 0 aromatic rings. The van der Waals surface area contributed by atoms with Crippen molar-refractivity contribution in [1.82, 2.24) is 5.32 Å². The number of amides is 1. The van der Waals surface area contributed by atoms with E-state index in [1.165, 1.54) is 0 Å². The first kappa shape index (κ1) is 7.34. The Morgan fingerprint density at radius 1 is 1.70 bits per heavy atom. The van der Waals surface area contributed by atoms with Gasteiger partial charge in [0.25, 0.3) is 0 Å². The third-order valence-electron chi connectivity index (χ3n) is 1.49. The lowest BCUT2D eigenvalue weighted by Crippen LogP contribution is -2.39. The molecule has 0 bridgehead atoms. The van der Waals surface area contributed by atoms with Gasteiger partial charge in [-0.25, -0.2) is 4.79 Å². The molecule has 0 aromatic heterocycles. The molecule has 1 aliphatic heterocycles. The van der Waals surface area contributed by atoms with Crippen LogP contribution in [0.3, 0.4) is 0 Å². The van der Waals surface area contributed by atoms with E-state index in [4.69, 9.17) is 9.84 Å². The van der Waals surface area contributed by atoms with E-state index in [2.05, 4.69) is 5.32 Å². The number of ether oxygens (including phenoxy) is 1. The zero-order valence-electron chi connectivity index (χ0n) is 5.67. The quantitative estimate of drug-likeness (QED) is 0.562. The fraction of sp³-hybridized carbons (Fsp3) is 0.833. The minimum atomic E-state index is -0.962. The summed E-state index contributed by atoms with van der Waals surface area (Å²) in [6.07, 6.45) is 0.882. The Hall–Kier alpha value is -0.770. The first-order valence-corrected chi connectivity index (χ1v) is 3.36. The lowest BCUT2D eigenvalue weighted by atomic mass is 10.1. The van der Waals surface area contributed by atoms with Crippen LogP contribution < -0.4 is 5.32 Å². The Labute approximate surface area is 59.2 Å². The van der Waals surface area contributed by atoms with Crippen LogP contribution in [0.2, 0.25) is 0 Å². The normalized spacial score (nSPS) is 25.8. The molecule has 1 amide bonds. The van der Waals surface area contributed by atoms with E-state index < -0.39 is 6.09 Å². The zero-order chi connectivity index (χ0) is 7.40. The van der Waals surface area contributed by atoms with E-state index >= 15 is 0 Å². The van der Waals surface area contributed by atoms with Crippen LogP contribution in [0.25, 0.3) is 0 Å². The lowest BCUT2D eigenvalue weighted by molar-refractivity contribution is 0.0696. The average Bonchev–Trinajstić information content (AvgIpc) is 1.88. The summed E-state index contributed by atoms with van der Waals surface area (Å²) in [5.41, 5.74) is 0. The number of hydrogen-bond donors (Lipinski definition) is 2. The topological polar surface area (TPSA) is 58.6 Å². The van der Waals surface area contributed by atoms with Crippen LogP contribution in [0.5, 0.6) is 0 Å². The molecule has 0 aliphatic carbocycles. The summed E-state index contributed by atoms with van der Waals surface area (Å²) in [6, 6.07) is 0.00579. The van der Waals surface area contributed by atoms with Gasteiger partial charge >= 0.3 is 6.09 Å². The largest absolute Gasteiger partial charge is 0.465 e. The van der Waals surface area contributed by atoms with E-state index in [0.717, 1.165) is 19.4 Å². The maximum Gasteiger partial charge on any atom is 0.404 e. The summed E-state index contributed by atoms with van der Waals surface area (Å²) >= 11 is 0. The van der Waals surface area contributed by atoms with Gasteiger partial charge < -0.3 is 15.2 Å². The van der Waals surface area contributed by atoms with Crippen LogP contribution in [0.1, 0.15) is 12.8 Å². The molecular weight excluding hydrogens is 134 g/mol. The van der Waals surface area contributed by atoms with E-state index in [1.54, 1.807) is 0 Å². The predicted octanol–water partition coefficient (Wildman–Crippen LogP) is 0.433. The maximum absolute atomic E-state index is 10.1. The van der Waals surface area contributed by atoms with Crippen LogP contribution in [0, 0.1) is 0 Å². The third-order valence-corrected chi connectivity index (χ3v) is 1.49. The maximum atomic E-state index is 10.1. The molecule has 1 atom stereocenters. The molecule has 1 saturated heterocycles. The van der Waals surface area contributed by atoms with Crippen molar-refractivity contribution in [3.05, 3.63) is 0 Å². The molecule has 1 fully saturated rings. The molecule has 1 rings (SSSR count). The van der Waals surface area contributed by atoms with Crippen LogP contribution in [-0.2, 0) is 4.74 Å². The van der Waals surface area contributed by atoms with Gasteiger partial charge in [-0.15, -0.1) is 0 Å². The van der Waals surface area contributed by atoms with Crippen LogP contribution in [-0.4, -0.2) is 30.5 Å². The molecule has 0 saturated carbocycles. The summed E-state index contributed by atoms with van der Waals surface area (Å²) in [6.45, 7) is 1.28. The molecule has 0 aromatic carbocycles. The third kappa shape index (κ3) is 2.23. The highest BCUT2D eigenvalue weighted by Gasteiger charge is 2.14. The summed E-state index contributed by atoms with van der Waals surface area (Å²) in [7, 11) is 0. The molecule has 0 radical (unpaired) electrons. The van der Waals surface area contributed by atoms with E-state index in [0.29, 0.717) is 6.61 Å². The first-order chi connectivity index (χ1) is 4.79. The number of carbonyl (C=O) groups is 1. The second-order valence-electron chi connectivity index (χ2n) is 2.36. The van der Waals surface area contributed by atoms with Gasteiger partial charge in [-0.2, -0.15) is 0 Å². The number of rotatable bonds is 1. The van der Waals surface area contributed by atoms with Gasteiger partial charge in [-0.1, -0.05) is 0 Å². The molecule has 10 heavy (non-hydrogen) atoms. The number of nitrogens with one attached hydrogen (secondary N) is 1. The van der Waals surface area contributed by atoms with Crippen molar-refractivity contribution in [3.8, 4) is 0 Å². The van der Waals surface area contributed by atoms with Crippen molar-refractivity contribution < 1.29 is 14.6 Å². The molecule has 4 nitrogen and oxygen atoms in total. The smallest absolute Gasteiger partial charge is 0.404 e. The first-order valence-electron chi connectivity index (χ1n) is 3.36. The predicted molar refractivity (Wildman–Crippen MR) is 35.0 cm³/mol. The highest BCUT2D eigenvalue weighted by molar-refractivity contribution is 5.64. The second kappa shape index (κ2) is 3.41. The van der Waals surface area contributed by atoms with Crippen molar-refractivity contribution in [3.63, 3.8) is 0 Å². The standard InChI is InChI=1S/C6H11NO3/c8-6(9)7-5-2-1-3-10-4-5/h5,7H,1-4H2,(H,8,9). The van der Waals surface area contributed by atoms with Crippen molar-refractivity contribution in [2.75, 3.05) is 13.2 Å². The monoisotopic (exact) mass is 145 g/mol. The molecule has 58 valence electrons. The van der Waals surface area contributed by atoms with Gasteiger partial charge in [-0.05, 0) is 12.8 Å². The van der Waals surface area contributed by atoms with Crippen molar-refractivity contribution in [1.29, 1.82) is 0 Å². The Morgan fingerprint density at radius 3 is 3.00 bits per heavy atom. The fourth-order valence-electron chi connectivity index (χ4n) is 1.03. The van der Waals surface area contributed by atoms with Crippen LogP contribution >= 0.6 is 0 Å². The molecule has 2 N–H and O–H groups in total. The van der Waals surface area contributed by atoms with Gasteiger partial charge in [0.2, 0.25) is 0 Å². The zero-order valence-corrected chi connectivity index (χ0v) is 5.67. The second-order valence-corrected chi connectivity index (χ2v) is 2.36. The summed E-state index contributed by atoms with van der Waals surface area (Å²) in [5, 5.41) is 10.7. The van der Waals surface area contributed by atoms with Crippen LogP contribution in [0.15, 0.2) is 0 Å². The molecule has 1 aliphatic rings. The fourth-order valence-corrected chi connectivity index (χ4v) is 1.03. The Balaban J connectivity index is 2.19. The minimum Gasteiger partial charge on any atom is -0.465 e. The van der Waals surface area contributed by atoms with Gasteiger partial charge in [0.05, 0.1) is 12.6 Å². The van der Waals surface area contributed by atoms with E-state index in [1.807, 2.05) is 0 Å². The van der Waals surface area contributed by atoms with E-state index in [9.17, 15) is 4.79 Å². The average molecular weight is 145 g/mol. The SMILES string of the molecule is O=C(O)NC1CCCOC1. The molecule has 0 spiro atoms. The number of hydrogen-bond acceptors (Lipinski definition) is 2. The summed E-state index contributed by atoms with van der Waals surface area (Å²) in [4.78, 5) is 10.1. The van der Waals surface area contributed by atoms with Crippen molar-refractivity contribution >= 4 is 6.09 Å². The minimum absolute atomic E-state index is 0.00579. The summed E-state index contributed by atoms with van der Waals surface area (Å²) < 4.78 is 5.06. The molecular formula is C6H11NO3. The highest BCUT2D eigenvalue weighted by Crippen LogP contribution is 2.04. The van der Waals surface area contributed by atoms with Crippen molar-refractivity contribution in [2.24, 2.45) is 0 Å². The van der Waals surface area contributed by atoms with Crippen molar-refractivity contribution in [2.45, 2.75) is 18.9 Å². The number of carboxylic acid groups (broad SMARTS) is 1. The van der Waals surface area contributed by atoms with E-state index in [-0.39, 0.29) is 6.04 Å². The highest BCUT2D eigenvalue weighted by atomic mass is 16.5. The molecule has 4 heteroatoms. The van der Waals surface area contributed by atoms with Gasteiger partial charge in [0.1, 0.15) is 0 Å². The Bertz CT molecular complexity index is 120.